The monoisotopic (exact) mass is 594 g/mol. The Kier molecular flexibility index (Phi) is 10.6. The Bertz CT molecular complexity index is 1720. The highest BCUT2D eigenvalue weighted by atomic mass is 35.5. The lowest BCUT2D eigenvalue weighted by molar-refractivity contribution is 0.0521. The SMILES string of the molecule is CCOC(=O)c1c(C)n(C)c(-c2ccc(F)cc2)cc1=O.CCn1c(-c2ccc(Cl)cc2)cc(=O)c(C(=O)OC)c1C. The van der Waals surface area contributed by atoms with Crippen LogP contribution in [0.15, 0.2) is 70.3 Å². The number of carbonyl (C=O) groups is 2. The molecule has 0 atom stereocenters. The van der Waals surface area contributed by atoms with Crippen molar-refractivity contribution in [3.63, 3.8) is 0 Å². The maximum Gasteiger partial charge on any atom is 0.343 e. The number of halogens is 2. The second-order valence-electron chi connectivity index (χ2n) is 9.24. The van der Waals surface area contributed by atoms with Gasteiger partial charge in [0.2, 0.25) is 0 Å². The highest BCUT2D eigenvalue weighted by molar-refractivity contribution is 6.30. The van der Waals surface area contributed by atoms with Gasteiger partial charge < -0.3 is 18.6 Å². The number of hydrogen-bond donors (Lipinski definition) is 0. The third-order valence-electron chi connectivity index (χ3n) is 6.78. The van der Waals surface area contributed by atoms with E-state index in [1.807, 2.05) is 23.6 Å². The van der Waals surface area contributed by atoms with Crippen LogP contribution in [0.4, 0.5) is 4.39 Å². The number of aromatic nitrogens is 2. The van der Waals surface area contributed by atoms with E-state index in [1.165, 1.54) is 31.4 Å². The van der Waals surface area contributed by atoms with Gasteiger partial charge in [-0.15, -0.1) is 0 Å². The van der Waals surface area contributed by atoms with E-state index in [1.54, 1.807) is 56.7 Å². The van der Waals surface area contributed by atoms with Crippen molar-refractivity contribution in [2.24, 2.45) is 7.05 Å². The summed E-state index contributed by atoms with van der Waals surface area (Å²) < 4.78 is 26.2. The number of pyridine rings is 2. The Morgan fingerprint density at radius 3 is 1.83 bits per heavy atom. The first-order valence-electron chi connectivity index (χ1n) is 13.2. The van der Waals surface area contributed by atoms with Gasteiger partial charge in [0.15, 0.2) is 10.9 Å². The number of methoxy groups -OCH3 is 1. The number of rotatable bonds is 6. The van der Waals surface area contributed by atoms with Gasteiger partial charge in [0, 0.05) is 42.1 Å². The summed E-state index contributed by atoms with van der Waals surface area (Å²) in [6.45, 7) is 7.91. The van der Waals surface area contributed by atoms with Crippen molar-refractivity contribution < 1.29 is 23.5 Å². The predicted octanol–water partition coefficient (Wildman–Crippen LogP) is 5.96. The van der Waals surface area contributed by atoms with Crippen LogP contribution in [0.2, 0.25) is 5.02 Å². The molecule has 0 saturated carbocycles. The van der Waals surface area contributed by atoms with Crippen LogP contribution < -0.4 is 10.9 Å². The molecule has 0 radical (unpaired) electrons. The first-order valence-corrected chi connectivity index (χ1v) is 13.5. The molecule has 42 heavy (non-hydrogen) atoms. The van der Waals surface area contributed by atoms with Gasteiger partial charge in [-0.25, -0.2) is 14.0 Å². The second kappa shape index (κ2) is 13.9. The van der Waals surface area contributed by atoms with Gasteiger partial charge in [-0.1, -0.05) is 23.7 Å². The van der Waals surface area contributed by atoms with Crippen molar-refractivity contribution in [3.05, 3.63) is 114 Å². The van der Waals surface area contributed by atoms with E-state index < -0.39 is 17.4 Å². The quantitative estimate of drug-likeness (QED) is 0.256. The van der Waals surface area contributed by atoms with Crippen LogP contribution in [-0.2, 0) is 23.1 Å². The van der Waals surface area contributed by atoms with Gasteiger partial charge in [0.05, 0.1) is 25.1 Å². The molecule has 0 saturated heterocycles. The van der Waals surface area contributed by atoms with Gasteiger partial charge in [-0.05, 0) is 75.2 Å². The summed E-state index contributed by atoms with van der Waals surface area (Å²) in [5.74, 6) is -1.58. The fraction of sp³-hybridized carbons (Fsp3) is 0.250. The van der Waals surface area contributed by atoms with Gasteiger partial charge in [0.25, 0.3) is 0 Å². The molecule has 0 amide bonds. The Morgan fingerprint density at radius 2 is 1.31 bits per heavy atom. The molecular formula is C32H32ClFN2O6. The maximum absolute atomic E-state index is 13.0. The topological polar surface area (TPSA) is 96.6 Å². The molecule has 0 N–H and O–H groups in total. The lowest BCUT2D eigenvalue weighted by Gasteiger charge is -2.17. The van der Waals surface area contributed by atoms with Crippen LogP contribution in [0.1, 0.15) is 46.0 Å². The zero-order valence-electron chi connectivity index (χ0n) is 24.3. The van der Waals surface area contributed by atoms with Gasteiger partial charge in [0.1, 0.15) is 16.9 Å². The highest BCUT2D eigenvalue weighted by Crippen LogP contribution is 2.23. The van der Waals surface area contributed by atoms with Crippen LogP contribution in [0.25, 0.3) is 22.5 Å². The number of hydrogen-bond acceptors (Lipinski definition) is 6. The molecule has 0 aliphatic rings. The Morgan fingerprint density at radius 1 is 0.810 bits per heavy atom. The maximum atomic E-state index is 13.0. The number of carbonyl (C=O) groups excluding carboxylic acids is 2. The molecule has 0 spiro atoms. The Hall–Kier alpha value is -4.50. The summed E-state index contributed by atoms with van der Waals surface area (Å²) in [5, 5.41) is 0.632. The van der Waals surface area contributed by atoms with Crippen molar-refractivity contribution in [3.8, 4) is 22.5 Å². The standard InChI is InChI=1S/C16H16ClNO3.C16H16FNO3/c1-4-18-10(2)15(16(20)21-3)14(19)9-13(18)11-5-7-12(17)8-6-11;1-4-21-16(20)15-10(2)18(3)13(9-14(15)19)11-5-7-12(17)8-6-11/h2*5-9H,4H2,1-3H3. The molecule has 10 heteroatoms. The summed E-state index contributed by atoms with van der Waals surface area (Å²) in [4.78, 5) is 48.0. The average molecular weight is 595 g/mol. The number of ether oxygens (including phenoxy) is 2. The molecule has 8 nitrogen and oxygen atoms in total. The summed E-state index contributed by atoms with van der Waals surface area (Å²) in [6.07, 6.45) is 0. The third kappa shape index (κ3) is 6.86. The summed E-state index contributed by atoms with van der Waals surface area (Å²) in [6, 6.07) is 15.9. The van der Waals surface area contributed by atoms with Crippen molar-refractivity contribution in [1.82, 2.24) is 9.13 Å². The number of esters is 2. The van der Waals surface area contributed by atoms with E-state index in [0.717, 1.165) is 11.3 Å². The van der Waals surface area contributed by atoms with E-state index >= 15 is 0 Å². The molecule has 4 rings (SSSR count). The fourth-order valence-electron chi connectivity index (χ4n) is 4.55. The van der Waals surface area contributed by atoms with Crippen molar-refractivity contribution in [2.45, 2.75) is 34.2 Å². The van der Waals surface area contributed by atoms with Crippen molar-refractivity contribution in [1.29, 1.82) is 0 Å². The molecule has 0 aliphatic heterocycles. The van der Waals surface area contributed by atoms with E-state index in [9.17, 15) is 23.6 Å². The highest BCUT2D eigenvalue weighted by Gasteiger charge is 2.20. The first-order chi connectivity index (χ1) is 19.9. The third-order valence-corrected chi connectivity index (χ3v) is 7.03. The molecule has 4 aromatic rings. The average Bonchev–Trinajstić information content (AvgIpc) is 2.96. The zero-order chi connectivity index (χ0) is 31.1. The smallest absolute Gasteiger partial charge is 0.343 e. The second-order valence-corrected chi connectivity index (χ2v) is 9.67. The minimum absolute atomic E-state index is 0.0326. The summed E-state index contributed by atoms with van der Waals surface area (Å²) in [5.41, 5.74) is 3.43. The summed E-state index contributed by atoms with van der Waals surface area (Å²) in [7, 11) is 3.01. The van der Waals surface area contributed by atoms with Gasteiger partial charge in [-0.3, -0.25) is 9.59 Å². The van der Waals surface area contributed by atoms with Gasteiger partial charge >= 0.3 is 11.9 Å². The molecule has 0 unspecified atom stereocenters. The fourth-order valence-corrected chi connectivity index (χ4v) is 4.68. The van der Waals surface area contributed by atoms with Crippen LogP contribution in [0.5, 0.6) is 0 Å². The molecule has 2 aromatic heterocycles. The minimum atomic E-state index is -0.624. The van der Waals surface area contributed by atoms with Crippen molar-refractivity contribution in [2.75, 3.05) is 13.7 Å². The lowest BCUT2D eigenvalue weighted by atomic mass is 10.1. The van der Waals surface area contributed by atoms with Crippen LogP contribution in [-0.4, -0.2) is 34.8 Å². The summed E-state index contributed by atoms with van der Waals surface area (Å²) >= 11 is 5.89. The number of nitrogens with zero attached hydrogens (tertiary/aromatic N) is 2. The zero-order valence-corrected chi connectivity index (χ0v) is 25.0. The lowest BCUT2D eigenvalue weighted by Crippen LogP contribution is -2.23. The molecule has 0 bridgehead atoms. The molecule has 2 heterocycles. The molecule has 0 fully saturated rings. The number of benzene rings is 2. The first kappa shape index (κ1) is 32.0. The normalized spacial score (nSPS) is 10.5. The molecular weight excluding hydrogens is 563 g/mol. The molecule has 2 aromatic carbocycles. The van der Waals surface area contributed by atoms with E-state index in [4.69, 9.17) is 16.3 Å². The largest absolute Gasteiger partial charge is 0.465 e. The minimum Gasteiger partial charge on any atom is -0.465 e. The molecule has 0 aliphatic carbocycles. The van der Waals surface area contributed by atoms with Crippen LogP contribution in [0, 0.1) is 19.7 Å². The van der Waals surface area contributed by atoms with Gasteiger partial charge in [-0.2, -0.15) is 0 Å². The van der Waals surface area contributed by atoms with E-state index in [0.29, 0.717) is 34.2 Å². The van der Waals surface area contributed by atoms with E-state index in [2.05, 4.69) is 4.74 Å². The van der Waals surface area contributed by atoms with Crippen molar-refractivity contribution >= 4 is 23.5 Å². The van der Waals surface area contributed by atoms with Crippen LogP contribution in [0.3, 0.4) is 0 Å². The van der Waals surface area contributed by atoms with E-state index in [-0.39, 0.29) is 29.0 Å². The van der Waals surface area contributed by atoms with Crippen LogP contribution >= 0.6 is 11.6 Å². The Balaban J connectivity index is 0.000000230. The predicted molar refractivity (Wildman–Crippen MR) is 161 cm³/mol. The Labute approximate surface area is 247 Å². The molecule has 220 valence electrons.